The van der Waals surface area contributed by atoms with Crippen molar-refractivity contribution >= 4 is 3.21 Å². The Balaban J connectivity index is 0.00000238. The Morgan fingerprint density at radius 3 is 1.64 bits per heavy atom. The summed E-state index contributed by atoms with van der Waals surface area (Å²) in [5.41, 5.74) is 5.56. The van der Waals surface area contributed by atoms with E-state index in [0.717, 1.165) is 29.6 Å². The van der Waals surface area contributed by atoms with E-state index in [-0.39, 0.29) is 62.7 Å². The third kappa shape index (κ3) is 5.13. The fourth-order valence-corrected chi connectivity index (χ4v) is 29.9. The van der Waals surface area contributed by atoms with Crippen LogP contribution < -0.4 is 24.8 Å². The Morgan fingerprint density at radius 1 is 0.607 bits per heavy atom. The molecule has 6 fully saturated rings. The van der Waals surface area contributed by atoms with Crippen LogP contribution in [0.25, 0.3) is 0 Å². The van der Waals surface area contributed by atoms with Crippen LogP contribution in [0.2, 0.25) is 3.63 Å². The zero-order valence-corrected chi connectivity index (χ0v) is 42.2. The minimum atomic E-state index is -3.14. The molecule has 10 aliphatic carbocycles. The zero-order chi connectivity index (χ0) is 41.0. The third-order valence-electron chi connectivity index (χ3n) is 21.4. The van der Waals surface area contributed by atoms with Crippen LogP contribution in [-0.4, -0.2) is 3.21 Å². The normalized spacial score (nSPS) is 46.1. The van der Waals surface area contributed by atoms with Gasteiger partial charge in [0.05, 0.1) is 0 Å². The van der Waals surface area contributed by atoms with Gasteiger partial charge in [-0.05, 0) is 0 Å². The minimum Gasteiger partial charge on any atom is -1.00 e. The molecule has 0 nitrogen and oxygen atoms in total. The number of hydrogen-bond donors (Lipinski definition) is 0. The molecule has 61 heavy (non-hydrogen) atoms. The molecule has 12 rings (SSSR count). The summed E-state index contributed by atoms with van der Waals surface area (Å²) in [4.78, 5) is 0. The monoisotopic (exact) mass is 924 g/mol. The van der Waals surface area contributed by atoms with Crippen molar-refractivity contribution in [1.82, 2.24) is 0 Å². The second-order valence-electron chi connectivity index (χ2n) is 22.5. The van der Waals surface area contributed by atoms with Crippen LogP contribution in [0.3, 0.4) is 0 Å². The molecule has 6 saturated carbocycles. The van der Waals surface area contributed by atoms with E-state index in [1.807, 2.05) is 3.28 Å². The molecule has 10 unspecified atom stereocenters. The van der Waals surface area contributed by atoms with E-state index < -0.39 is 21.3 Å². The van der Waals surface area contributed by atoms with Crippen molar-refractivity contribution in [2.45, 2.75) is 98.0 Å². The van der Waals surface area contributed by atoms with Crippen molar-refractivity contribution in [2.24, 2.45) is 79.3 Å². The predicted octanol–water partition coefficient (Wildman–Crippen LogP) is 8.66. The summed E-state index contributed by atoms with van der Waals surface area (Å²) in [7, 11) is 0. The fourth-order valence-electron chi connectivity index (χ4n) is 18.1. The van der Waals surface area contributed by atoms with Crippen LogP contribution in [-0.2, 0) is 21.3 Å². The van der Waals surface area contributed by atoms with Crippen molar-refractivity contribution in [1.29, 1.82) is 0 Å². The first kappa shape index (κ1) is 43.9. The van der Waals surface area contributed by atoms with Gasteiger partial charge in [-0.25, -0.2) is 0 Å². The van der Waals surface area contributed by atoms with Crippen LogP contribution in [0.15, 0.2) is 154 Å². The van der Waals surface area contributed by atoms with Gasteiger partial charge in [-0.1, -0.05) is 0 Å². The van der Waals surface area contributed by atoms with Crippen LogP contribution >= 0.6 is 0 Å². The van der Waals surface area contributed by atoms with Gasteiger partial charge in [0, 0.05) is 0 Å². The molecular weight excluding hydrogens is 859 g/mol. The first-order chi connectivity index (χ1) is 28.2. The molecule has 0 heterocycles. The first-order valence-electron chi connectivity index (χ1n) is 23.6. The largest absolute Gasteiger partial charge is 1.00 e. The molecule has 0 radical (unpaired) electrons. The van der Waals surface area contributed by atoms with E-state index in [2.05, 4.69) is 202 Å². The SMILES string of the molecule is CC1=CC=CC2[CH]([Zr+2]([C]3=CC(C4C5CC6CC(C5)CC4C6)=CC3C)=[C](c3ccccc3)c3ccccc3)C3(C)C4(C)C=CC=CC4(C)C4(C)C=CC=CC4(C)C3(C)C12C.[Cl-].[Cl-]. The van der Waals surface area contributed by atoms with E-state index >= 15 is 0 Å². The number of allylic oxidation sites excluding steroid dienone is 16. The average Bonchev–Trinajstić information content (AvgIpc) is 3.67. The van der Waals surface area contributed by atoms with Crippen molar-refractivity contribution in [3.63, 3.8) is 0 Å². The number of rotatable bonds is 5. The molecule has 0 saturated heterocycles. The van der Waals surface area contributed by atoms with Crippen LogP contribution in [0.4, 0.5) is 0 Å². The smallest absolute Gasteiger partial charge is 1.00 e. The van der Waals surface area contributed by atoms with Gasteiger partial charge in [0.2, 0.25) is 0 Å². The number of halogens is 2. The molecule has 2 aromatic carbocycles. The molecule has 0 aliphatic heterocycles. The molecular formula is C58H68Cl2Zr. The first-order valence-corrected chi connectivity index (χ1v) is 27.4. The average molecular weight is 927 g/mol. The van der Waals surface area contributed by atoms with E-state index in [1.54, 1.807) is 14.4 Å². The second kappa shape index (κ2) is 14.6. The Bertz CT molecular complexity index is 2340. The summed E-state index contributed by atoms with van der Waals surface area (Å²) in [6.07, 6.45) is 41.5. The van der Waals surface area contributed by atoms with E-state index in [9.17, 15) is 0 Å². The van der Waals surface area contributed by atoms with E-state index in [4.69, 9.17) is 0 Å². The maximum Gasteiger partial charge on any atom is -1.00 e. The molecule has 10 atom stereocenters. The predicted molar refractivity (Wildman–Crippen MR) is 245 cm³/mol. The summed E-state index contributed by atoms with van der Waals surface area (Å²) < 4.78 is 4.09. The van der Waals surface area contributed by atoms with Crippen molar-refractivity contribution in [3.8, 4) is 0 Å². The topological polar surface area (TPSA) is 0 Å². The van der Waals surface area contributed by atoms with Gasteiger partial charge in [0.1, 0.15) is 0 Å². The van der Waals surface area contributed by atoms with Crippen LogP contribution in [0.5, 0.6) is 0 Å². The Labute approximate surface area is 389 Å². The van der Waals surface area contributed by atoms with Crippen molar-refractivity contribution < 1.29 is 46.1 Å². The van der Waals surface area contributed by atoms with Gasteiger partial charge in [-0.2, -0.15) is 0 Å². The van der Waals surface area contributed by atoms with Crippen molar-refractivity contribution in [2.75, 3.05) is 0 Å². The summed E-state index contributed by atoms with van der Waals surface area (Å²) in [6.45, 7) is 24.4. The number of fused-ring (bicyclic) bond motifs is 8. The summed E-state index contributed by atoms with van der Waals surface area (Å²) in [5, 5.41) is 0. The van der Waals surface area contributed by atoms with Gasteiger partial charge in [0.25, 0.3) is 0 Å². The third-order valence-corrected chi connectivity index (χ3v) is 31.0. The van der Waals surface area contributed by atoms with E-state index in [0.29, 0.717) is 15.5 Å². The van der Waals surface area contributed by atoms with Gasteiger partial charge in [0.15, 0.2) is 0 Å². The Hall–Kier alpha value is -2.31. The molecule has 2 aromatic rings. The fraction of sp³-hybridized carbons (Fsp3) is 0.500. The summed E-state index contributed by atoms with van der Waals surface area (Å²) >= 11 is -3.14. The molecule has 318 valence electrons. The summed E-state index contributed by atoms with van der Waals surface area (Å²) in [5.74, 6) is 5.42. The van der Waals surface area contributed by atoms with E-state index in [1.165, 1.54) is 43.2 Å². The standard InChI is InChI=1S/C29H37.C16H21.C13H10.2ClH.Zr/c1-21-14-13-15-22-20-27(6)25(4)18-10-9-16-23(25,2)24(3)17-11-12-19-26(24,5)29(27,8)28(21,22)7;1-10-2-3-13(4-10)16-14-6-11-5-12(8-14)9-15(16)7-11;1-3-7-12(8-4-1)11-13-9-5-2-6-10-13;;;/h9-20,22H,1-8H3;3-4,10-12,14-16H,5-9H2,1H3;1-10H;2*1H;/q;;;;;+2/p-2. The molecule has 3 heteroatoms. The number of hydrogen-bond acceptors (Lipinski definition) is 0. The van der Waals surface area contributed by atoms with Gasteiger partial charge < -0.3 is 24.8 Å². The number of benzene rings is 2. The van der Waals surface area contributed by atoms with Gasteiger partial charge in [-0.3, -0.25) is 0 Å². The van der Waals surface area contributed by atoms with Crippen LogP contribution in [0, 0.1) is 79.3 Å². The molecule has 10 aliphatic rings. The molecule has 4 bridgehead atoms. The minimum absolute atomic E-state index is 0. The molecule has 0 amide bonds. The summed E-state index contributed by atoms with van der Waals surface area (Å²) in [6, 6.07) is 23.7. The van der Waals surface area contributed by atoms with Gasteiger partial charge in [-0.15, -0.1) is 0 Å². The Morgan fingerprint density at radius 2 is 1.10 bits per heavy atom. The molecule has 0 N–H and O–H groups in total. The Kier molecular flexibility index (Phi) is 10.5. The van der Waals surface area contributed by atoms with Crippen molar-refractivity contribution in [3.05, 3.63) is 165 Å². The molecule has 0 spiro atoms. The van der Waals surface area contributed by atoms with Gasteiger partial charge >= 0.3 is 367 Å². The zero-order valence-electron chi connectivity index (χ0n) is 38.2. The quantitative estimate of drug-likeness (QED) is 0.282. The second-order valence-corrected chi connectivity index (χ2v) is 28.8. The maximum absolute atomic E-state index is 3.14. The maximum atomic E-state index is 2.94. The van der Waals surface area contributed by atoms with Crippen LogP contribution in [0.1, 0.15) is 106 Å². The molecule has 0 aromatic heterocycles.